The number of esters is 1. The number of benzene rings is 2. The third kappa shape index (κ3) is 5.21. The standard InChI is InChI=1S/C24H22FN3O4/c25-18-7-9-19(10-8-18)27-12-14-28(15-13-27)23(29)17-31-24(30)21-5-1-2-6-22(21)32-20-4-3-11-26-16-20/h1-11,16H,12-15,17H2. The number of piperazine rings is 1. The maximum absolute atomic E-state index is 13.1. The van der Waals surface area contributed by atoms with E-state index < -0.39 is 5.97 Å². The average molecular weight is 435 g/mol. The second-order valence-corrected chi connectivity index (χ2v) is 7.21. The van der Waals surface area contributed by atoms with Crippen molar-refractivity contribution in [2.45, 2.75) is 0 Å². The highest BCUT2D eigenvalue weighted by Crippen LogP contribution is 2.25. The molecule has 2 aromatic carbocycles. The van der Waals surface area contributed by atoms with Gasteiger partial charge < -0.3 is 19.3 Å². The molecule has 3 aromatic rings. The molecule has 0 aliphatic carbocycles. The summed E-state index contributed by atoms with van der Waals surface area (Å²) in [6.07, 6.45) is 3.16. The Bertz CT molecular complexity index is 1070. The molecule has 1 fully saturated rings. The normalized spacial score (nSPS) is 13.5. The van der Waals surface area contributed by atoms with Crippen LogP contribution in [0.5, 0.6) is 11.5 Å². The SMILES string of the molecule is O=C(OCC(=O)N1CCN(c2ccc(F)cc2)CC1)c1ccccc1Oc1cccnc1. The molecule has 0 unspecified atom stereocenters. The highest BCUT2D eigenvalue weighted by Gasteiger charge is 2.23. The number of hydrogen-bond donors (Lipinski definition) is 0. The first-order valence-corrected chi connectivity index (χ1v) is 10.2. The fourth-order valence-electron chi connectivity index (χ4n) is 3.42. The average Bonchev–Trinajstić information content (AvgIpc) is 2.84. The molecule has 164 valence electrons. The monoisotopic (exact) mass is 435 g/mol. The van der Waals surface area contributed by atoms with Crippen LogP contribution < -0.4 is 9.64 Å². The zero-order valence-electron chi connectivity index (χ0n) is 17.3. The number of pyridine rings is 1. The lowest BCUT2D eigenvalue weighted by Crippen LogP contribution is -2.49. The van der Waals surface area contributed by atoms with E-state index in [1.54, 1.807) is 59.6 Å². The topological polar surface area (TPSA) is 72.0 Å². The molecule has 32 heavy (non-hydrogen) atoms. The van der Waals surface area contributed by atoms with Gasteiger partial charge in [0.05, 0.1) is 6.20 Å². The van der Waals surface area contributed by atoms with Crippen LogP contribution in [0.1, 0.15) is 10.4 Å². The van der Waals surface area contributed by atoms with Gasteiger partial charge >= 0.3 is 5.97 Å². The van der Waals surface area contributed by atoms with E-state index in [1.807, 2.05) is 0 Å². The molecule has 2 heterocycles. The summed E-state index contributed by atoms with van der Waals surface area (Å²) >= 11 is 0. The molecular weight excluding hydrogens is 413 g/mol. The quantitative estimate of drug-likeness (QED) is 0.552. The first-order chi connectivity index (χ1) is 15.6. The number of ether oxygens (including phenoxy) is 2. The Morgan fingerprint density at radius 1 is 0.938 bits per heavy atom. The number of carbonyl (C=O) groups is 2. The van der Waals surface area contributed by atoms with Crippen LogP contribution in [-0.2, 0) is 9.53 Å². The molecule has 0 N–H and O–H groups in total. The minimum atomic E-state index is -0.636. The molecule has 0 spiro atoms. The predicted molar refractivity (Wildman–Crippen MR) is 116 cm³/mol. The summed E-state index contributed by atoms with van der Waals surface area (Å²) in [5.41, 5.74) is 1.14. The van der Waals surface area contributed by atoms with Gasteiger partial charge in [-0.3, -0.25) is 9.78 Å². The smallest absolute Gasteiger partial charge is 0.342 e. The van der Waals surface area contributed by atoms with E-state index in [0.717, 1.165) is 5.69 Å². The fourth-order valence-corrected chi connectivity index (χ4v) is 3.42. The second-order valence-electron chi connectivity index (χ2n) is 7.21. The van der Waals surface area contributed by atoms with Crippen molar-refractivity contribution in [1.29, 1.82) is 0 Å². The Hall–Kier alpha value is -3.94. The van der Waals surface area contributed by atoms with Crippen molar-refractivity contribution < 1.29 is 23.5 Å². The summed E-state index contributed by atoms with van der Waals surface area (Å²) < 4.78 is 24.1. The van der Waals surface area contributed by atoms with Crippen LogP contribution in [0.4, 0.5) is 10.1 Å². The Morgan fingerprint density at radius 3 is 2.41 bits per heavy atom. The van der Waals surface area contributed by atoms with E-state index in [-0.39, 0.29) is 23.9 Å². The van der Waals surface area contributed by atoms with Crippen molar-refractivity contribution in [3.8, 4) is 11.5 Å². The summed E-state index contributed by atoms with van der Waals surface area (Å²) in [5, 5.41) is 0. The third-order valence-corrected chi connectivity index (χ3v) is 5.12. The van der Waals surface area contributed by atoms with Crippen molar-refractivity contribution in [2.24, 2.45) is 0 Å². The van der Waals surface area contributed by atoms with Crippen molar-refractivity contribution >= 4 is 17.6 Å². The molecule has 1 amide bonds. The number of carbonyl (C=O) groups excluding carboxylic acids is 2. The zero-order valence-corrected chi connectivity index (χ0v) is 17.3. The lowest BCUT2D eigenvalue weighted by molar-refractivity contribution is -0.134. The second kappa shape index (κ2) is 9.91. The summed E-state index contributed by atoms with van der Waals surface area (Å²) in [6, 6.07) is 16.4. The summed E-state index contributed by atoms with van der Waals surface area (Å²) in [6.45, 7) is 1.87. The molecule has 1 aliphatic rings. The summed E-state index contributed by atoms with van der Waals surface area (Å²) in [5.74, 6) is -0.365. The summed E-state index contributed by atoms with van der Waals surface area (Å²) in [7, 11) is 0. The van der Waals surface area contributed by atoms with Gasteiger partial charge in [-0.05, 0) is 48.5 Å². The van der Waals surface area contributed by atoms with Crippen molar-refractivity contribution in [3.63, 3.8) is 0 Å². The highest BCUT2D eigenvalue weighted by atomic mass is 19.1. The number of anilines is 1. The molecule has 0 atom stereocenters. The molecule has 0 bridgehead atoms. The Morgan fingerprint density at radius 2 is 1.69 bits per heavy atom. The maximum atomic E-state index is 13.1. The molecule has 1 aromatic heterocycles. The number of amides is 1. The number of halogens is 1. The first-order valence-electron chi connectivity index (χ1n) is 10.2. The predicted octanol–water partition coefficient (Wildman–Crippen LogP) is 3.52. The van der Waals surface area contributed by atoms with Gasteiger partial charge in [-0.15, -0.1) is 0 Å². The van der Waals surface area contributed by atoms with Crippen LogP contribution in [0.2, 0.25) is 0 Å². The van der Waals surface area contributed by atoms with Crippen LogP contribution in [0.25, 0.3) is 0 Å². The van der Waals surface area contributed by atoms with E-state index in [1.165, 1.54) is 18.3 Å². The summed E-state index contributed by atoms with van der Waals surface area (Å²) in [4.78, 5) is 32.8. The van der Waals surface area contributed by atoms with E-state index in [0.29, 0.717) is 37.7 Å². The van der Waals surface area contributed by atoms with Crippen LogP contribution in [0.3, 0.4) is 0 Å². The van der Waals surface area contributed by atoms with Gasteiger partial charge in [0.2, 0.25) is 0 Å². The largest absolute Gasteiger partial charge is 0.455 e. The van der Waals surface area contributed by atoms with Gasteiger partial charge in [0.25, 0.3) is 5.91 Å². The lowest BCUT2D eigenvalue weighted by Gasteiger charge is -2.36. The van der Waals surface area contributed by atoms with Crippen LogP contribution in [0.15, 0.2) is 73.1 Å². The number of hydrogen-bond acceptors (Lipinski definition) is 6. The first kappa shape index (κ1) is 21.3. The number of aromatic nitrogens is 1. The zero-order chi connectivity index (χ0) is 22.3. The van der Waals surface area contributed by atoms with Crippen LogP contribution in [0, 0.1) is 5.82 Å². The van der Waals surface area contributed by atoms with Gasteiger partial charge in [0.1, 0.15) is 22.9 Å². The number of para-hydroxylation sites is 1. The Balaban J connectivity index is 1.30. The molecule has 8 heteroatoms. The number of rotatable bonds is 6. The molecule has 1 aliphatic heterocycles. The third-order valence-electron chi connectivity index (χ3n) is 5.12. The molecule has 7 nitrogen and oxygen atoms in total. The highest BCUT2D eigenvalue weighted by molar-refractivity contribution is 5.94. The van der Waals surface area contributed by atoms with Crippen molar-refractivity contribution in [3.05, 3.63) is 84.4 Å². The molecule has 0 radical (unpaired) electrons. The minimum Gasteiger partial charge on any atom is -0.455 e. The fraction of sp³-hybridized carbons (Fsp3) is 0.208. The lowest BCUT2D eigenvalue weighted by atomic mass is 10.2. The van der Waals surface area contributed by atoms with Crippen molar-refractivity contribution in [2.75, 3.05) is 37.7 Å². The van der Waals surface area contributed by atoms with E-state index in [4.69, 9.17) is 9.47 Å². The van der Waals surface area contributed by atoms with Gasteiger partial charge in [-0.25, -0.2) is 9.18 Å². The van der Waals surface area contributed by atoms with E-state index >= 15 is 0 Å². The van der Waals surface area contributed by atoms with Gasteiger partial charge in [-0.2, -0.15) is 0 Å². The molecule has 1 saturated heterocycles. The Labute approximate surface area is 185 Å². The van der Waals surface area contributed by atoms with Gasteiger partial charge in [0.15, 0.2) is 6.61 Å². The molecule has 4 rings (SSSR count). The van der Waals surface area contributed by atoms with Crippen LogP contribution in [-0.4, -0.2) is 54.5 Å². The van der Waals surface area contributed by atoms with E-state index in [9.17, 15) is 14.0 Å². The Kier molecular flexibility index (Phi) is 6.60. The van der Waals surface area contributed by atoms with E-state index in [2.05, 4.69) is 9.88 Å². The van der Waals surface area contributed by atoms with Crippen LogP contribution >= 0.6 is 0 Å². The molecular formula is C24H22FN3O4. The molecule has 0 saturated carbocycles. The van der Waals surface area contributed by atoms with Crippen molar-refractivity contribution in [1.82, 2.24) is 9.88 Å². The maximum Gasteiger partial charge on any atom is 0.342 e. The number of nitrogens with zero attached hydrogens (tertiary/aromatic N) is 3. The minimum absolute atomic E-state index is 0.227. The van der Waals surface area contributed by atoms with Gasteiger partial charge in [0, 0.05) is 38.1 Å². The van der Waals surface area contributed by atoms with Gasteiger partial charge in [-0.1, -0.05) is 12.1 Å².